The van der Waals surface area contributed by atoms with Crippen LogP contribution in [0, 0.1) is 0 Å². The van der Waals surface area contributed by atoms with Crippen molar-refractivity contribution in [2.75, 3.05) is 32.7 Å². The molecule has 0 aromatic heterocycles. The predicted molar refractivity (Wildman–Crippen MR) is 57.3 cm³/mol. The minimum Gasteiger partial charge on any atom is -0.392 e. The molecule has 2 heterocycles. The van der Waals surface area contributed by atoms with Crippen LogP contribution in [0.5, 0.6) is 0 Å². The molecule has 2 aliphatic rings. The first-order chi connectivity index (χ1) is 6.75. The summed E-state index contributed by atoms with van der Waals surface area (Å²) in [5.74, 6) is 0. The molecule has 2 fully saturated rings. The maximum Gasteiger partial charge on any atom is 0.0639 e. The number of piperazine rings is 1. The van der Waals surface area contributed by atoms with Gasteiger partial charge in [-0.3, -0.25) is 9.80 Å². The Morgan fingerprint density at radius 3 is 2.93 bits per heavy atom. The van der Waals surface area contributed by atoms with Gasteiger partial charge in [-0.2, -0.15) is 0 Å². The third kappa shape index (κ3) is 2.47. The van der Waals surface area contributed by atoms with Crippen molar-refractivity contribution >= 4 is 0 Å². The van der Waals surface area contributed by atoms with Gasteiger partial charge >= 0.3 is 0 Å². The minimum absolute atomic E-state index is 0.176. The molecule has 82 valence electrons. The van der Waals surface area contributed by atoms with Crippen LogP contribution < -0.4 is 0 Å². The van der Waals surface area contributed by atoms with E-state index in [1.807, 2.05) is 6.92 Å². The van der Waals surface area contributed by atoms with Crippen molar-refractivity contribution in [1.29, 1.82) is 0 Å². The molecule has 3 heteroatoms. The molecule has 14 heavy (non-hydrogen) atoms. The van der Waals surface area contributed by atoms with Gasteiger partial charge in [-0.25, -0.2) is 0 Å². The molecule has 0 aromatic carbocycles. The average Bonchev–Trinajstić information content (AvgIpc) is 2.17. The second-order valence-electron chi connectivity index (χ2n) is 4.79. The van der Waals surface area contributed by atoms with Gasteiger partial charge < -0.3 is 5.11 Å². The highest BCUT2D eigenvalue weighted by atomic mass is 16.3. The zero-order chi connectivity index (χ0) is 9.97. The van der Waals surface area contributed by atoms with E-state index in [1.165, 1.54) is 38.9 Å². The van der Waals surface area contributed by atoms with E-state index < -0.39 is 0 Å². The average molecular weight is 198 g/mol. The van der Waals surface area contributed by atoms with Crippen LogP contribution >= 0.6 is 0 Å². The molecular weight excluding hydrogens is 176 g/mol. The standard InChI is InChI=1S/C11H22N2O/c1-10(14)8-12-6-7-13-5-3-2-4-11(13)9-12/h10-11,14H,2-9H2,1H3. The lowest BCUT2D eigenvalue weighted by molar-refractivity contribution is 0.0275. The van der Waals surface area contributed by atoms with Crippen molar-refractivity contribution in [2.24, 2.45) is 0 Å². The van der Waals surface area contributed by atoms with Gasteiger partial charge in [0.05, 0.1) is 6.10 Å². The largest absolute Gasteiger partial charge is 0.392 e. The van der Waals surface area contributed by atoms with E-state index in [0.29, 0.717) is 0 Å². The molecule has 0 radical (unpaired) electrons. The zero-order valence-corrected chi connectivity index (χ0v) is 9.15. The van der Waals surface area contributed by atoms with Crippen molar-refractivity contribution in [3.8, 4) is 0 Å². The summed E-state index contributed by atoms with van der Waals surface area (Å²) in [7, 11) is 0. The van der Waals surface area contributed by atoms with E-state index in [1.54, 1.807) is 0 Å². The summed E-state index contributed by atoms with van der Waals surface area (Å²) >= 11 is 0. The van der Waals surface area contributed by atoms with E-state index in [9.17, 15) is 5.11 Å². The molecular formula is C11H22N2O. The summed E-state index contributed by atoms with van der Waals surface area (Å²) in [6.45, 7) is 7.55. The molecule has 0 saturated carbocycles. The fourth-order valence-corrected chi connectivity index (χ4v) is 2.76. The van der Waals surface area contributed by atoms with Crippen LogP contribution in [0.25, 0.3) is 0 Å². The quantitative estimate of drug-likeness (QED) is 0.701. The SMILES string of the molecule is CC(O)CN1CCN2CCCCC2C1. The zero-order valence-electron chi connectivity index (χ0n) is 9.15. The van der Waals surface area contributed by atoms with Crippen molar-refractivity contribution in [3.63, 3.8) is 0 Å². The van der Waals surface area contributed by atoms with Gasteiger partial charge in [0.15, 0.2) is 0 Å². The highest BCUT2D eigenvalue weighted by molar-refractivity contribution is 4.85. The highest BCUT2D eigenvalue weighted by Crippen LogP contribution is 2.20. The second kappa shape index (κ2) is 4.60. The van der Waals surface area contributed by atoms with Gasteiger partial charge in [-0.05, 0) is 26.3 Å². The predicted octanol–water partition coefficient (Wildman–Crippen LogP) is 0.537. The van der Waals surface area contributed by atoms with Crippen LogP contribution in [0.1, 0.15) is 26.2 Å². The third-order valence-corrected chi connectivity index (χ3v) is 3.44. The first-order valence-corrected chi connectivity index (χ1v) is 5.90. The summed E-state index contributed by atoms with van der Waals surface area (Å²) in [5, 5.41) is 9.35. The molecule has 0 bridgehead atoms. The molecule has 0 amide bonds. The highest BCUT2D eigenvalue weighted by Gasteiger charge is 2.28. The van der Waals surface area contributed by atoms with Gasteiger partial charge in [0.1, 0.15) is 0 Å². The van der Waals surface area contributed by atoms with Crippen molar-refractivity contribution < 1.29 is 5.11 Å². The number of nitrogens with zero attached hydrogens (tertiary/aromatic N) is 2. The Kier molecular flexibility index (Phi) is 3.42. The number of rotatable bonds is 2. The number of piperidine rings is 1. The fraction of sp³-hybridized carbons (Fsp3) is 1.00. The number of β-amino-alcohol motifs (C(OH)–C–C–N with tert-alkyl or cyclic N) is 1. The van der Waals surface area contributed by atoms with Gasteiger partial charge in [0.2, 0.25) is 0 Å². The van der Waals surface area contributed by atoms with Crippen LogP contribution in [-0.2, 0) is 0 Å². The van der Waals surface area contributed by atoms with Gasteiger partial charge in [-0.1, -0.05) is 6.42 Å². The van der Waals surface area contributed by atoms with Crippen LogP contribution in [0.2, 0.25) is 0 Å². The normalized spacial score (nSPS) is 32.6. The lowest BCUT2D eigenvalue weighted by atomic mass is 9.99. The van der Waals surface area contributed by atoms with Crippen molar-refractivity contribution in [3.05, 3.63) is 0 Å². The smallest absolute Gasteiger partial charge is 0.0639 e. The second-order valence-corrected chi connectivity index (χ2v) is 4.79. The van der Waals surface area contributed by atoms with Gasteiger partial charge in [-0.15, -0.1) is 0 Å². The number of hydrogen-bond acceptors (Lipinski definition) is 3. The Morgan fingerprint density at radius 2 is 2.14 bits per heavy atom. The maximum absolute atomic E-state index is 9.35. The summed E-state index contributed by atoms with van der Waals surface area (Å²) in [6, 6.07) is 0.774. The molecule has 2 unspecified atom stereocenters. The Morgan fingerprint density at radius 1 is 1.29 bits per heavy atom. The number of aliphatic hydroxyl groups excluding tert-OH is 1. The summed E-state index contributed by atoms with van der Waals surface area (Å²) in [4.78, 5) is 5.04. The Labute approximate surface area is 86.7 Å². The molecule has 2 saturated heterocycles. The summed E-state index contributed by atoms with van der Waals surface area (Å²) < 4.78 is 0. The van der Waals surface area contributed by atoms with Gasteiger partial charge in [0.25, 0.3) is 0 Å². The number of fused-ring (bicyclic) bond motifs is 1. The number of aliphatic hydroxyl groups is 1. The summed E-state index contributed by atoms with van der Waals surface area (Å²) in [5.41, 5.74) is 0. The first-order valence-electron chi connectivity index (χ1n) is 5.90. The minimum atomic E-state index is -0.176. The van der Waals surface area contributed by atoms with Crippen LogP contribution in [0.3, 0.4) is 0 Å². The molecule has 2 aliphatic heterocycles. The maximum atomic E-state index is 9.35. The molecule has 0 aliphatic carbocycles. The van der Waals surface area contributed by atoms with Crippen LogP contribution in [0.15, 0.2) is 0 Å². The van der Waals surface area contributed by atoms with E-state index >= 15 is 0 Å². The van der Waals surface area contributed by atoms with E-state index in [2.05, 4.69) is 9.80 Å². The van der Waals surface area contributed by atoms with Crippen LogP contribution in [0.4, 0.5) is 0 Å². The monoisotopic (exact) mass is 198 g/mol. The van der Waals surface area contributed by atoms with Crippen LogP contribution in [-0.4, -0.2) is 59.8 Å². The van der Waals surface area contributed by atoms with E-state index in [4.69, 9.17) is 0 Å². The van der Waals surface area contributed by atoms with Crippen molar-refractivity contribution in [2.45, 2.75) is 38.3 Å². The lowest BCUT2D eigenvalue weighted by Gasteiger charge is -2.44. The number of hydrogen-bond donors (Lipinski definition) is 1. The molecule has 1 N–H and O–H groups in total. The summed E-state index contributed by atoms with van der Waals surface area (Å²) in [6.07, 6.45) is 3.96. The topological polar surface area (TPSA) is 26.7 Å². The Balaban J connectivity index is 1.83. The Bertz CT molecular complexity index is 184. The molecule has 2 rings (SSSR count). The lowest BCUT2D eigenvalue weighted by Crippen LogP contribution is -2.55. The third-order valence-electron chi connectivity index (χ3n) is 3.44. The van der Waals surface area contributed by atoms with Gasteiger partial charge in [0, 0.05) is 32.2 Å². The van der Waals surface area contributed by atoms with Crippen molar-refractivity contribution in [1.82, 2.24) is 9.80 Å². The Hall–Kier alpha value is -0.120. The van der Waals surface area contributed by atoms with E-state index in [0.717, 1.165) is 19.1 Å². The molecule has 0 aromatic rings. The molecule has 3 nitrogen and oxygen atoms in total. The first kappa shape index (κ1) is 10.4. The molecule has 0 spiro atoms. The molecule has 2 atom stereocenters. The fourth-order valence-electron chi connectivity index (χ4n) is 2.76. The van der Waals surface area contributed by atoms with E-state index in [-0.39, 0.29) is 6.10 Å².